The molecule has 8 N–H and O–H groups in total. The molecule has 0 fully saturated rings. The number of Topliss-reactive ketones (excluding diaryl/α,β-unsaturated/α-hetero) is 1. The maximum atomic E-state index is 13.2. The van der Waals surface area contributed by atoms with Gasteiger partial charge in [0.25, 0.3) is 17.4 Å². The topological polar surface area (TPSA) is 211 Å². The lowest BCUT2D eigenvalue weighted by Crippen LogP contribution is -2.48. The lowest BCUT2D eigenvalue weighted by Gasteiger charge is -2.26. The van der Waals surface area contributed by atoms with Crippen molar-refractivity contribution in [2.75, 3.05) is 19.4 Å². The molecule has 0 radical (unpaired) electrons. The van der Waals surface area contributed by atoms with E-state index in [1.807, 2.05) is 6.92 Å². The van der Waals surface area contributed by atoms with E-state index in [0.717, 1.165) is 36.9 Å². The molecule has 3 atom stereocenters. The second-order valence-electron chi connectivity index (χ2n) is 9.61. The minimum Gasteiger partial charge on any atom is -0.403 e. The smallest absolute Gasteiger partial charge is 0.287 e. The summed E-state index contributed by atoms with van der Waals surface area (Å²) in [5, 5.41) is 11.0. The van der Waals surface area contributed by atoms with E-state index >= 15 is 0 Å². The molecule has 0 saturated carbocycles. The van der Waals surface area contributed by atoms with E-state index in [-0.39, 0.29) is 42.7 Å². The molecule has 228 valence electrons. The number of nitrogens with two attached hydrogens (primary N) is 2. The van der Waals surface area contributed by atoms with E-state index in [1.165, 1.54) is 37.0 Å². The molecule has 0 spiro atoms. The molecule has 0 saturated heterocycles. The number of carbonyl (C=O) groups is 5. The highest BCUT2D eigenvalue weighted by atomic mass is 16.2. The Morgan fingerprint density at radius 3 is 2.27 bits per heavy atom. The van der Waals surface area contributed by atoms with E-state index in [2.05, 4.69) is 35.1 Å². The van der Waals surface area contributed by atoms with Gasteiger partial charge in [0.2, 0.25) is 17.6 Å². The van der Waals surface area contributed by atoms with E-state index < -0.39 is 35.1 Å². The first-order valence-electron chi connectivity index (χ1n) is 13.7. The number of hydrogen-bond donors (Lipinski definition) is 6. The maximum Gasteiger partial charge on any atom is 0.287 e. The Balaban J connectivity index is 3.12. The summed E-state index contributed by atoms with van der Waals surface area (Å²) in [5.41, 5.74) is 4.51. The van der Waals surface area contributed by atoms with Crippen molar-refractivity contribution in [1.82, 2.24) is 25.5 Å². The second-order valence-corrected chi connectivity index (χ2v) is 9.61. The summed E-state index contributed by atoms with van der Waals surface area (Å²) in [5.74, 6) is 2.30. The second kappa shape index (κ2) is 17.5. The van der Waals surface area contributed by atoms with Crippen LogP contribution in [0.5, 0.6) is 0 Å². The van der Waals surface area contributed by atoms with E-state index in [9.17, 15) is 28.8 Å². The predicted octanol–water partition coefficient (Wildman–Crippen LogP) is -0.306. The van der Waals surface area contributed by atoms with Crippen LogP contribution in [0.3, 0.4) is 0 Å². The molecule has 1 aromatic heterocycles. The molecule has 1 aromatic rings. The Hall–Kier alpha value is -4.20. The van der Waals surface area contributed by atoms with Gasteiger partial charge in [-0.15, -0.1) is 0 Å². The fraction of sp³-hybridized carbons (Fsp3) is 0.556. The Morgan fingerprint density at radius 1 is 1.05 bits per heavy atom. The summed E-state index contributed by atoms with van der Waals surface area (Å²) >= 11 is 0. The number of ketones is 1. The SMILES string of the molecule is CCCC(CC)C(CC)NC(=O)Cn1cccc(NC(=O)C(CCC(=O)C(=O)NC)NC(=O)/C(=C/N)N(C)N)c1=O. The van der Waals surface area contributed by atoms with Crippen molar-refractivity contribution in [3.05, 3.63) is 40.6 Å². The highest BCUT2D eigenvalue weighted by Crippen LogP contribution is 2.18. The summed E-state index contributed by atoms with van der Waals surface area (Å²) in [6, 6.07) is 1.49. The van der Waals surface area contributed by atoms with E-state index in [1.54, 1.807) is 0 Å². The number of nitrogens with zero attached hydrogens (tertiary/aromatic N) is 2. The first-order chi connectivity index (χ1) is 19.4. The van der Waals surface area contributed by atoms with Crippen molar-refractivity contribution in [3.8, 4) is 0 Å². The van der Waals surface area contributed by atoms with E-state index in [0.29, 0.717) is 5.92 Å². The van der Waals surface area contributed by atoms with Crippen LogP contribution >= 0.6 is 0 Å². The van der Waals surface area contributed by atoms with Gasteiger partial charge in [0, 0.05) is 39.0 Å². The molecule has 4 amide bonds. The molecule has 0 aliphatic carbocycles. The van der Waals surface area contributed by atoms with Crippen LogP contribution in [-0.4, -0.2) is 65.2 Å². The fourth-order valence-corrected chi connectivity index (χ4v) is 4.38. The van der Waals surface area contributed by atoms with Crippen LogP contribution in [0.15, 0.2) is 35.0 Å². The largest absolute Gasteiger partial charge is 0.403 e. The Kier molecular flexibility index (Phi) is 14.8. The number of likely N-dealkylation sites (N-methyl/N-ethyl adjacent to an activating group) is 2. The number of amides is 4. The molecule has 41 heavy (non-hydrogen) atoms. The summed E-state index contributed by atoms with van der Waals surface area (Å²) < 4.78 is 1.17. The summed E-state index contributed by atoms with van der Waals surface area (Å²) in [6.07, 6.45) is 5.40. The van der Waals surface area contributed by atoms with Crippen LogP contribution in [-0.2, 0) is 30.5 Å². The third-order valence-corrected chi connectivity index (χ3v) is 6.66. The van der Waals surface area contributed by atoms with Crippen molar-refractivity contribution in [2.45, 2.75) is 77.9 Å². The molecule has 0 aliphatic rings. The lowest BCUT2D eigenvalue weighted by molar-refractivity contribution is -0.137. The Bertz CT molecular complexity index is 1160. The van der Waals surface area contributed by atoms with Crippen LogP contribution in [0.2, 0.25) is 0 Å². The number of hydrogen-bond acceptors (Lipinski definition) is 9. The van der Waals surface area contributed by atoms with Gasteiger partial charge in [-0.1, -0.05) is 33.6 Å². The van der Waals surface area contributed by atoms with Gasteiger partial charge in [-0.25, -0.2) is 5.84 Å². The number of rotatable bonds is 17. The fourth-order valence-electron chi connectivity index (χ4n) is 4.38. The summed E-state index contributed by atoms with van der Waals surface area (Å²) in [7, 11) is 2.65. The van der Waals surface area contributed by atoms with Gasteiger partial charge in [0.05, 0.1) is 0 Å². The summed E-state index contributed by atoms with van der Waals surface area (Å²) in [4.78, 5) is 75.4. The minimum atomic E-state index is -1.34. The molecular weight excluding hydrogens is 532 g/mol. The monoisotopic (exact) mass is 576 g/mol. The standard InChI is InChI=1S/C27H44N8O6/c1-6-10-17(7-2)18(8-3)31-23(37)16-35-14-9-11-20(27(35)41)33-24(38)19(12-13-22(36)26(40)30-4)32-25(39)21(15-28)34(5)29/h9,11,14-15,17-19H,6-8,10,12-13,16,28-29H2,1-5H3,(H,30,40)(H,31,37)(H,32,39)(H,33,38)/b21-15-. The number of nitrogens with one attached hydrogen (secondary N) is 4. The van der Waals surface area contributed by atoms with Gasteiger partial charge >= 0.3 is 0 Å². The van der Waals surface area contributed by atoms with Crippen molar-refractivity contribution in [1.29, 1.82) is 0 Å². The van der Waals surface area contributed by atoms with Gasteiger partial charge in [0.15, 0.2) is 0 Å². The lowest BCUT2D eigenvalue weighted by atomic mass is 9.90. The molecule has 1 heterocycles. The number of anilines is 1. The highest BCUT2D eigenvalue weighted by Gasteiger charge is 2.26. The van der Waals surface area contributed by atoms with Crippen molar-refractivity contribution in [3.63, 3.8) is 0 Å². The van der Waals surface area contributed by atoms with Crippen molar-refractivity contribution < 1.29 is 24.0 Å². The van der Waals surface area contributed by atoms with Gasteiger partial charge in [-0.2, -0.15) is 0 Å². The zero-order valence-electron chi connectivity index (χ0n) is 24.5. The first kappa shape index (κ1) is 34.8. The average molecular weight is 577 g/mol. The molecule has 3 unspecified atom stereocenters. The van der Waals surface area contributed by atoms with Crippen molar-refractivity contribution >= 4 is 35.1 Å². The quantitative estimate of drug-likeness (QED) is 0.0621. The van der Waals surface area contributed by atoms with Crippen LogP contribution < -0.4 is 38.4 Å². The number of hydrazine groups is 1. The third-order valence-electron chi connectivity index (χ3n) is 6.66. The number of aromatic nitrogens is 1. The van der Waals surface area contributed by atoms with Gasteiger partial charge < -0.3 is 36.6 Å². The zero-order valence-corrected chi connectivity index (χ0v) is 24.5. The molecule has 14 nitrogen and oxygen atoms in total. The van der Waals surface area contributed by atoms with Gasteiger partial charge in [-0.05, 0) is 37.3 Å². The highest BCUT2D eigenvalue weighted by molar-refractivity contribution is 6.36. The Morgan fingerprint density at radius 2 is 1.73 bits per heavy atom. The first-order valence-corrected chi connectivity index (χ1v) is 13.7. The van der Waals surface area contributed by atoms with E-state index in [4.69, 9.17) is 11.6 Å². The van der Waals surface area contributed by atoms with Crippen LogP contribution in [0, 0.1) is 5.92 Å². The zero-order chi connectivity index (χ0) is 31.1. The third kappa shape index (κ3) is 10.7. The van der Waals surface area contributed by atoms with Gasteiger partial charge in [0.1, 0.15) is 24.0 Å². The average Bonchev–Trinajstić information content (AvgIpc) is 2.94. The predicted molar refractivity (Wildman–Crippen MR) is 155 cm³/mol. The molecular formula is C27H44N8O6. The maximum absolute atomic E-state index is 13.2. The van der Waals surface area contributed by atoms with Crippen LogP contribution in [0.4, 0.5) is 5.69 Å². The normalized spacial score (nSPS) is 13.4. The van der Waals surface area contributed by atoms with Crippen molar-refractivity contribution in [2.24, 2.45) is 17.5 Å². The molecule has 1 rings (SSSR count). The van der Waals surface area contributed by atoms with Gasteiger partial charge in [-0.3, -0.25) is 28.8 Å². The molecule has 0 aliphatic heterocycles. The van der Waals surface area contributed by atoms with Crippen LogP contribution in [0.1, 0.15) is 59.3 Å². The number of pyridine rings is 1. The summed E-state index contributed by atoms with van der Waals surface area (Å²) in [6.45, 7) is 5.92. The molecule has 0 aromatic carbocycles. The van der Waals surface area contributed by atoms with Crippen LogP contribution in [0.25, 0.3) is 0 Å². The minimum absolute atomic E-state index is 0.0204. The molecule has 14 heteroatoms. The number of carbonyl (C=O) groups excluding carboxylic acids is 5. The molecule has 0 bridgehead atoms. The Labute approximate surface area is 240 Å².